The monoisotopic (exact) mass is 458 g/mol. The van der Waals surface area contributed by atoms with Crippen LogP contribution in [-0.2, 0) is 22.6 Å². The summed E-state index contributed by atoms with van der Waals surface area (Å²) in [5, 5.41) is 5.19. The number of carbonyl (C=O) groups excluding carboxylic acids is 2. The molecule has 4 rings (SSSR count). The fraction of sp³-hybridized carbons (Fsp3) is 0.455. The van der Waals surface area contributed by atoms with Gasteiger partial charge >= 0.3 is 12.1 Å². The summed E-state index contributed by atoms with van der Waals surface area (Å²) < 4.78 is 25.5. The lowest BCUT2D eigenvalue weighted by atomic mass is 10.1. The maximum atomic E-state index is 15.1. The molecule has 1 aromatic heterocycles. The summed E-state index contributed by atoms with van der Waals surface area (Å²) in [6.45, 7) is 6.57. The second-order valence-electron chi connectivity index (χ2n) is 7.92. The van der Waals surface area contributed by atoms with E-state index in [0.29, 0.717) is 50.0 Å². The fourth-order valence-electron chi connectivity index (χ4n) is 4.01. The van der Waals surface area contributed by atoms with Gasteiger partial charge in [0.15, 0.2) is 5.82 Å². The maximum Gasteiger partial charge on any atom is 0.410 e. The number of nitrogens with zero attached hydrogens (tertiary/aromatic N) is 4. The van der Waals surface area contributed by atoms with Crippen LogP contribution in [-0.4, -0.2) is 66.4 Å². The third-order valence-corrected chi connectivity index (χ3v) is 5.64. The number of hydrogen-bond donors (Lipinski definition) is 2. The number of amides is 3. The Morgan fingerprint density at radius 1 is 1.30 bits per heavy atom. The molecule has 10 nitrogen and oxygen atoms in total. The van der Waals surface area contributed by atoms with E-state index in [4.69, 9.17) is 14.5 Å². The quantitative estimate of drug-likeness (QED) is 0.725. The van der Waals surface area contributed by atoms with Crippen LogP contribution in [0.4, 0.5) is 25.5 Å². The number of carbonyl (C=O) groups is 2. The van der Waals surface area contributed by atoms with Gasteiger partial charge in [-0.2, -0.15) is 0 Å². The normalized spacial score (nSPS) is 17.5. The molecule has 1 atom stereocenters. The maximum absolute atomic E-state index is 15.1. The third-order valence-electron chi connectivity index (χ3n) is 5.64. The van der Waals surface area contributed by atoms with Gasteiger partial charge in [-0.25, -0.2) is 23.9 Å². The van der Waals surface area contributed by atoms with Gasteiger partial charge in [0.05, 0.1) is 50.7 Å². The van der Waals surface area contributed by atoms with E-state index in [1.165, 1.54) is 24.1 Å². The number of aromatic nitrogens is 2. The molecule has 3 amide bonds. The molecule has 2 N–H and O–H groups in total. The number of urea groups is 1. The molecule has 0 saturated carbocycles. The number of nitrogens with one attached hydrogen (secondary N) is 2. The molecular weight excluding hydrogens is 431 g/mol. The van der Waals surface area contributed by atoms with E-state index < -0.39 is 17.9 Å². The topological polar surface area (TPSA) is 109 Å². The van der Waals surface area contributed by atoms with E-state index in [1.807, 2.05) is 6.92 Å². The van der Waals surface area contributed by atoms with Crippen molar-refractivity contribution in [1.29, 1.82) is 0 Å². The van der Waals surface area contributed by atoms with Gasteiger partial charge in [0.25, 0.3) is 0 Å². The molecule has 11 heteroatoms. The summed E-state index contributed by atoms with van der Waals surface area (Å²) in [5.74, 6) is 0.324. The Bertz CT molecular complexity index is 1070. The van der Waals surface area contributed by atoms with Crippen LogP contribution in [0.5, 0.6) is 0 Å². The molecule has 0 aliphatic carbocycles. The predicted molar refractivity (Wildman–Crippen MR) is 119 cm³/mol. The van der Waals surface area contributed by atoms with Crippen LogP contribution >= 0.6 is 0 Å². The lowest BCUT2D eigenvalue weighted by molar-refractivity contribution is 0.0983. The summed E-state index contributed by atoms with van der Waals surface area (Å²) in [4.78, 5) is 36.8. The highest BCUT2D eigenvalue weighted by Crippen LogP contribution is 2.34. The zero-order chi connectivity index (χ0) is 23.5. The number of fused-ring (bicyclic) bond motifs is 1. The number of hydrogen-bond acceptors (Lipinski definition) is 7. The van der Waals surface area contributed by atoms with Gasteiger partial charge in [0.1, 0.15) is 11.6 Å². The SMILES string of the molecule is CCNC(=O)Nc1ccc(-c2nc3c(c(N4CCOC[C@@H]4C)n2)CN(C(=O)OC)C3)c(F)c1. The summed E-state index contributed by atoms with van der Waals surface area (Å²) in [6.07, 6.45) is -0.456. The van der Waals surface area contributed by atoms with Crippen molar-refractivity contribution in [3.63, 3.8) is 0 Å². The van der Waals surface area contributed by atoms with Crippen molar-refractivity contribution in [2.75, 3.05) is 43.6 Å². The van der Waals surface area contributed by atoms with Crippen LogP contribution < -0.4 is 15.5 Å². The Balaban J connectivity index is 1.72. The molecule has 0 radical (unpaired) electrons. The van der Waals surface area contributed by atoms with E-state index in [-0.39, 0.29) is 24.0 Å². The summed E-state index contributed by atoms with van der Waals surface area (Å²) >= 11 is 0. The summed E-state index contributed by atoms with van der Waals surface area (Å²) in [7, 11) is 1.33. The molecule has 0 bridgehead atoms. The molecule has 2 aliphatic rings. The zero-order valence-corrected chi connectivity index (χ0v) is 18.9. The van der Waals surface area contributed by atoms with Crippen LogP contribution in [0.1, 0.15) is 25.1 Å². The standard InChI is InChI=1S/C22H27FN6O4/c1-4-24-21(30)25-14-5-6-15(17(23)9-14)19-26-18-11-28(22(31)32-3)10-16(18)20(27-19)29-7-8-33-12-13(29)2/h5-6,9,13H,4,7-8,10-12H2,1-3H3,(H2,24,25,30)/t13-/m0/s1. The van der Waals surface area contributed by atoms with Gasteiger partial charge in [-0.1, -0.05) is 0 Å². The number of ether oxygens (including phenoxy) is 2. The fourth-order valence-corrected chi connectivity index (χ4v) is 4.01. The van der Waals surface area contributed by atoms with Crippen molar-refractivity contribution in [2.24, 2.45) is 0 Å². The van der Waals surface area contributed by atoms with Gasteiger partial charge < -0.3 is 25.0 Å². The Hall–Kier alpha value is -3.47. The highest BCUT2D eigenvalue weighted by Gasteiger charge is 2.33. The van der Waals surface area contributed by atoms with Gasteiger partial charge in [-0.05, 0) is 32.0 Å². The first kappa shape index (κ1) is 22.7. The molecule has 1 fully saturated rings. The number of methoxy groups -OCH3 is 1. The second kappa shape index (κ2) is 9.57. The molecule has 0 spiro atoms. The summed E-state index contributed by atoms with van der Waals surface area (Å²) in [5.41, 5.74) is 2.01. The van der Waals surface area contributed by atoms with Gasteiger partial charge in [0, 0.05) is 24.3 Å². The first-order valence-corrected chi connectivity index (χ1v) is 10.8. The second-order valence-corrected chi connectivity index (χ2v) is 7.92. The first-order chi connectivity index (χ1) is 15.9. The minimum Gasteiger partial charge on any atom is -0.453 e. The number of halogens is 1. The predicted octanol–water partition coefficient (Wildman–Crippen LogP) is 2.73. The lowest BCUT2D eigenvalue weighted by Crippen LogP contribution is -2.44. The molecule has 33 heavy (non-hydrogen) atoms. The molecule has 1 aromatic carbocycles. The van der Waals surface area contributed by atoms with Crippen LogP contribution in [0.2, 0.25) is 0 Å². The van der Waals surface area contributed by atoms with E-state index >= 15 is 4.39 Å². The van der Waals surface area contributed by atoms with E-state index in [1.54, 1.807) is 13.0 Å². The molecule has 0 unspecified atom stereocenters. The zero-order valence-electron chi connectivity index (χ0n) is 18.9. The minimum absolute atomic E-state index is 0.0614. The van der Waals surface area contributed by atoms with Crippen LogP contribution in [0.15, 0.2) is 18.2 Å². The van der Waals surface area contributed by atoms with Crippen molar-refractivity contribution in [3.8, 4) is 11.4 Å². The molecule has 1 saturated heterocycles. The number of rotatable bonds is 4. The van der Waals surface area contributed by atoms with Crippen molar-refractivity contribution < 1.29 is 23.5 Å². The van der Waals surface area contributed by atoms with Crippen molar-refractivity contribution in [2.45, 2.75) is 33.0 Å². The molecule has 2 aliphatic heterocycles. The van der Waals surface area contributed by atoms with Crippen molar-refractivity contribution in [1.82, 2.24) is 20.2 Å². The van der Waals surface area contributed by atoms with E-state index in [2.05, 4.69) is 20.5 Å². The largest absolute Gasteiger partial charge is 0.453 e. The Morgan fingerprint density at radius 3 is 2.82 bits per heavy atom. The van der Waals surface area contributed by atoms with Gasteiger partial charge in [0.2, 0.25) is 0 Å². The highest BCUT2D eigenvalue weighted by atomic mass is 19.1. The van der Waals surface area contributed by atoms with Crippen LogP contribution in [0, 0.1) is 5.82 Å². The molecule has 3 heterocycles. The van der Waals surface area contributed by atoms with Crippen LogP contribution in [0.25, 0.3) is 11.4 Å². The highest BCUT2D eigenvalue weighted by molar-refractivity contribution is 5.89. The van der Waals surface area contributed by atoms with Crippen molar-refractivity contribution >= 4 is 23.6 Å². The smallest absolute Gasteiger partial charge is 0.410 e. The average molecular weight is 458 g/mol. The Morgan fingerprint density at radius 2 is 2.12 bits per heavy atom. The number of benzene rings is 1. The van der Waals surface area contributed by atoms with E-state index in [0.717, 1.165) is 5.56 Å². The van der Waals surface area contributed by atoms with Gasteiger partial charge in [-0.3, -0.25) is 4.90 Å². The number of morpholine rings is 1. The van der Waals surface area contributed by atoms with Crippen LogP contribution in [0.3, 0.4) is 0 Å². The van der Waals surface area contributed by atoms with Crippen molar-refractivity contribution in [3.05, 3.63) is 35.3 Å². The summed E-state index contributed by atoms with van der Waals surface area (Å²) in [6, 6.07) is 4.02. The number of anilines is 2. The Kier molecular flexibility index (Phi) is 6.59. The average Bonchev–Trinajstić information content (AvgIpc) is 3.23. The van der Waals surface area contributed by atoms with Gasteiger partial charge in [-0.15, -0.1) is 0 Å². The third kappa shape index (κ3) is 4.68. The lowest BCUT2D eigenvalue weighted by Gasteiger charge is -2.35. The first-order valence-electron chi connectivity index (χ1n) is 10.8. The molecule has 2 aromatic rings. The Labute approximate surface area is 191 Å². The minimum atomic E-state index is -0.562. The van der Waals surface area contributed by atoms with E-state index in [9.17, 15) is 9.59 Å². The molecular formula is C22H27FN6O4. The molecule has 176 valence electrons.